The van der Waals surface area contributed by atoms with Crippen LogP contribution in [0.25, 0.3) is 0 Å². The Bertz CT molecular complexity index is 1780. The number of nitrogens with one attached hydrogen (secondary N) is 1. The summed E-state index contributed by atoms with van der Waals surface area (Å²) in [5.74, 6) is 0.564. The number of aliphatic hydroxyl groups excluding tert-OH is 1. The second-order valence-corrected chi connectivity index (χ2v) is 14.3. The molecule has 4 amide bonds. The Hall–Kier alpha value is -4.59. The monoisotopic (exact) mass is 718 g/mol. The van der Waals surface area contributed by atoms with Gasteiger partial charge in [-0.3, -0.25) is 24.5 Å². The number of rotatable bonds is 15. The highest BCUT2D eigenvalue weighted by Gasteiger charge is 2.40. The number of nitrogens with zero attached hydrogens (tertiary/aromatic N) is 1. The van der Waals surface area contributed by atoms with Gasteiger partial charge in [0.2, 0.25) is 11.8 Å². The van der Waals surface area contributed by atoms with Crippen LogP contribution in [0.3, 0.4) is 0 Å². The summed E-state index contributed by atoms with van der Waals surface area (Å²) in [5, 5.41) is 11.4. The van der Waals surface area contributed by atoms with Gasteiger partial charge in [0.25, 0.3) is 10.5 Å². The highest BCUT2D eigenvalue weighted by Crippen LogP contribution is 2.31. The highest BCUT2D eigenvalue weighted by molar-refractivity contribution is 8.15. The molecule has 0 saturated carbocycles. The number of allylic oxidation sites excluding steroid dienone is 3. The molecule has 0 radical (unpaired) electrons. The lowest BCUT2D eigenvalue weighted by atomic mass is 9.94. The number of aliphatic hydroxyl groups is 1. The summed E-state index contributed by atoms with van der Waals surface area (Å²) in [6.07, 6.45) is 6.25. The Morgan fingerprint density at radius 1 is 0.860 bits per heavy atom. The van der Waals surface area contributed by atoms with E-state index >= 15 is 0 Å². The third-order valence-electron chi connectivity index (χ3n) is 8.38. The van der Waals surface area contributed by atoms with E-state index in [0.717, 1.165) is 45.1 Å². The fraction of sp³-hybridized carbons (Fsp3) is 0.297. The molecule has 13 heteroatoms. The normalized spacial score (nSPS) is 20.9. The summed E-state index contributed by atoms with van der Waals surface area (Å²) in [6, 6.07) is 20.9. The number of halogens is 1. The maximum absolute atomic E-state index is 13.4. The molecule has 3 aromatic rings. The number of ether oxygens (including phenoxy) is 3. The largest absolute Gasteiger partial charge is 0.493 e. The summed E-state index contributed by atoms with van der Waals surface area (Å²) in [6.45, 7) is 0.202. The van der Waals surface area contributed by atoms with E-state index in [4.69, 9.17) is 14.2 Å². The second kappa shape index (κ2) is 16.4. The quantitative estimate of drug-likeness (QED) is 0.198. The molecule has 50 heavy (non-hydrogen) atoms. The number of carbonyl (C=O) groups excluding carboxylic acids is 4. The number of carbonyl (C=O) groups is 4. The van der Waals surface area contributed by atoms with Gasteiger partial charge < -0.3 is 19.3 Å². The summed E-state index contributed by atoms with van der Waals surface area (Å²) >= 11 is 1.96. The van der Waals surface area contributed by atoms with Crippen molar-refractivity contribution in [1.29, 1.82) is 0 Å². The van der Waals surface area contributed by atoms with Gasteiger partial charge in [-0.05, 0) is 72.0 Å². The van der Waals surface area contributed by atoms with Crippen molar-refractivity contribution in [3.8, 4) is 11.5 Å². The Kier molecular flexibility index (Phi) is 11.6. The minimum Gasteiger partial charge on any atom is -0.493 e. The zero-order valence-corrected chi connectivity index (χ0v) is 28.5. The van der Waals surface area contributed by atoms with Crippen molar-refractivity contribution in [1.82, 2.24) is 10.2 Å². The minimum atomic E-state index is -0.844. The molecule has 0 aromatic heterocycles. The van der Waals surface area contributed by atoms with Crippen LogP contribution in [0.1, 0.15) is 23.1 Å². The van der Waals surface area contributed by atoms with Crippen LogP contribution >= 0.6 is 23.5 Å². The van der Waals surface area contributed by atoms with Crippen molar-refractivity contribution in [3.05, 3.63) is 119 Å². The van der Waals surface area contributed by atoms with Crippen LogP contribution in [-0.4, -0.2) is 68.8 Å². The smallest absolute Gasteiger partial charge is 0.291 e. The van der Waals surface area contributed by atoms with Gasteiger partial charge in [0.15, 0.2) is 6.73 Å². The van der Waals surface area contributed by atoms with Crippen LogP contribution in [-0.2, 0) is 33.6 Å². The van der Waals surface area contributed by atoms with E-state index in [9.17, 15) is 28.7 Å². The van der Waals surface area contributed by atoms with Crippen LogP contribution < -0.4 is 14.8 Å². The first-order valence-corrected chi connectivity index (χ1v) is 17.9. The molecule has 6 rings (SSSR count). The zero-order valence-electron chi connectivity index (χ0n) is 26.9. The fourth-order valence-electron chi connectivity index (χ4n) is 5.62. The van der Waals surface area contributed by atoms with Crippen molar-refractivity contribution in [2.75, 3.05) is 19.9 Å². The van der Waals surface area contributed by atoms with Crippen molar-refractivity contribution in [2.24, 2.45) is 5.92 Å². The number of imide groups is 2. The molecular formula is C37H35FN2O8S2. The van der Waals surface area contributed by atoms with Gasteiger partial charge in [0.1, 0.15) is 23.9 Å². The summed E-state index contributed by atoms with van der Waals surface area (Å²) < 4.78 is 30.8. The van der Waals surface area contributed by atoms with Crippen molar-refractivity contribution >= 4 is 45.8 Å². The average Bonchev–Trinajstić information content (AvgIpc) is 3.57. The van der Waals surface area contributed by atoms with Gasteiger partial charge in [-0.25, -0.2) is 9.29 Å². The minimum absolute atomic E-state index is 0.0282. The highest BCUT2D eigenvalue weighted by atomic mass is 32.2. The molecule has 260 valence electrons. The lowest BCUT2D eigenvalue weighted by Crippen LogP contribution is -2.34. The predicted molar refractivity (Wildman–Crippen MR) is 187 cm³/mol. The third kappa shape index (κ3) is 9.34. The molecule has 0 spiro atoms. The Balaban J connectivity index is 0.911. The summed E-state index contributed by atoms with van der Waals surface area (Å²) in [7, 11) is 0. The van der Waals surface area contributed by atoms with Crippen molar-refractivity contribution in [2.45, 2.75) is 42.3 Å². The lowest BCUT2D eigenvalue weighted by molar-refractivity contribution is -0.129. The fourth-order valence-corrected chi connectivity index (χ4v) is 7.50. The predicted octanol–water partition coefficient (Wildman–Crippen LogP) is 5.82. The molecule has 4 atom stereocenters. The lowest BCUT2D eigenvalue weighted by Gasteiger charge is -2.25. The molecule has 2 saturated heterocycles. The Labute approximate surface area is 297 Å². The first-order chi connectivity index (χ1) is 24.2. The van der Waals surface area contributed by atoms with Gasteiger partial charge in [-0.1, -0.05) is 72.1 Å². The van der Waals surface area contributed by atoms with E-state index in [1.807, 2.05) is 48.5 Å². The van der Waals surface area contributed by atoms with Gasteiger partial charge in [0, 0.05) is 18.8 Å². The Morgan fingerprint density at radius 3 is 2.24 bits per heavy atom. The van der Waals surface area contributed by atoms with E-state index in [1.165, 1.54) is 12.1 Å². The molecule has 2 fully saturated rings. The van der Waals surface area contributed by atoms with Crippen molar-refractivity contribution < 1.29 is 42.9 Å². The molecule has 10 nitrogen and oxygen atoms in total. The number of benzene rings is 3. The van der Waals surface area contributed by atoms with Gasteiger partial charge in [-0.15, -0.1) is 0 Å². The first kappa shape index (κ1) is 35.2. The average molecular weight is 719 g/mol. The molecular weight excluding hydrogens is 684 g/mol. The van der Waals surface area contributed by atoms with Crippen LogP contribution in [0.2, 0.25) is 0 Å². The molecule has 0 bridgehead atoms. The number of hydrogen-bond donors (Lipinski definition) is 2. The first-order valence-electron chi connectivity index (χ1n) is 16.1. The molecule has 2 aliphatic heterocycles. The van der Waals surface area contributed by atoms with E-state index in [1.54, 1.807) is 30.4 Å². The molecule has 3 aliphatic rings. The molecule has 2 N–H and O–H groups in total. The van der Waals surface area contributed by atoms with E-state index in [-0.39, 0.29) is 47.4 Å². The molecule has 3 unspecified atom stereocenters. The van der Waals surface area contributed by atoms with E-state index in [0.29, 0.717) is 49.5 Å². The molecule has 2 heterocycles. The number of hydrogen-bond acceptors (Lipinski definition) is 10. The van der Waals surface area contributed by atoms with E-state index in [2.05, 4.69) is 5.32 Å². The van der Waals surface area contributed by atoms with Crippen LogP contribution in [0, 0.1) is 11.7 Å². The standard InChI is InChI=1S/C37H35FN2O8S2/c38-27-5-1-3-23(17-27)15-16-46-28-11-7-25(8-12-28)19-33-35(43)40(37(45)50-33)22-48-30-6-2-4-26(20-30)31(41)21-47-29-13-9-24(10-14-29)18-32-34(42)39-36(44)49-32/h1-14,17,26,31-33,41H,15-16,18-22H2,(H,39,42,44)/t26?,31-,32?,33?/m0/s1. The number of thioether (sulfide) groups is 2. The Morgan fingerprint density at radius 2 is 1.56 bits per heavy atom. The molecule has 3 aromatic carbocycles. The zero-order chi connectivity index (χ0) is 35.0. The van der Waals surface area contributed by atoms with Gasteiger partial charge in [-0.2, -0.15) is 0 Å². The third-order valence-corrected chi connectivity index (χ3v) is 10.4. The van der Waals surface area contributed by atoms with Crippen LogP contribution in [0.5, 0.6) is 11.5 Å². The van der Waals surface area contributed by atoms with Crippen LogP contribution in [0.15, 0.2) is 96.8 Å². The maximum Gasteiger partial charge on any atom is 0.291 e. The summed E-state index contributed by atoms with van der Waals surface area (Å²) in [4.78, 5) is 50.1. The van der Waals surface area contributed by atoms with Crippen molar-refractivity contribution in [3.63, 3.8) is 0 Å². The maximum atomic E-state index is 13.4. The SMILES string of the molecule is O=C1NC(=O)C(Cc2ccc(OC[C@H](O)C3C=CC=C(OCN4C(=O)SC(Cc5ccc(OCCc6cccc(F)c6)cc5)C4=O)C3)cc2)S1. The van der Waals surface area contributed by atoms with Gasteiger partial charge >= 0.3 is 0 Å². The van der Waals surface area contributed by atoms with Crippen LogP contribution in [0.4, 0.5) is 14.0 Å². The second-order valence-electron chi connectivity index (χ2n) is 12.0. The van der Waals surface area contributed by atoms with Gasteiger partial charge in [0.05, 0.1) is 29.0 Å². The van der Waals surface area contributed by atoms with E-state index < -0.39 is 16.6 Å². The number of amides is 4. The summed E-state index contributed by atoms with van der Waals surface area (Å²) in [5.41, 5.74) is 2.62. The topological polar surface area (TPSA) is 131 Å². The molecule has 1 aliphatic carbocycles.